The summed E-state index contributed by atoms with van der Waals surface area (Å²) in [7, 11) is 2.03. The average molecular weight is 263 g/mol. The Bertz CT molecular complexity index is 455. The van der Waals surface area contributed by atoms with Crippen molar-refractivity contribution in [2.75, 3.05) is 18.5 Å². The highest BCUT2D eigenvalue weighted by atomic mass is 16.4. The number of aryl methyl sites for hydroxylation is 3. The minimum Gasteiger partial charge on any atom is -0.481 e. The Morgan fingerprint density at radius 1 is 1.21 bits per heavy atom. The highest BCUT2D eigenvalue weighted by Crippen LogP contribution is 2.27. The van der Waals surface area contributed by atoms with E-state index >= 15 is 0 Å². The number of anilines is 1. The fourth-order valence-corrected chi connectivity index (χ4v) is 2.44. The lowest BCUT2D eigenvalue weighted by Gasteiger charge is -2.28. The summed E-state index contributed by atoms with van der Waals surface area (Å²) in [4.78, 5) is 13.3. The topological polar surface area (TPSA) is 40.5 Å². The minimum atomic E-state index is -0.738. The van der Waals surface area contributed by atoms with Crippen LogP contribution in [0.2, 0.25) is 0 Å². The molecule has 0 saturated heterocycles. The molecule has 0 atom stereocenters. The van der Waals surface area contributed by atoms with Crippen LogP contribution >= 0.6 is 0 Å². The molecule has 3 heteroatoms. The maximum Gasteiger partial charge on any atom is 0.309 e. The number of aliphatic carboxylic acids is 1. The molecule has 0 unspecified atom stereocenters. The third kappa shape index (κ3) is 3.72. The van der Waals surface area contributed by atoms with Crippen molar-refractivity contribution in [2.45, 2.75) is 41.0 Å². The number of nitrogens with zero attached hydrogens (tertiary/aromatic N) is 1. The molecule has 19 heavy (non-hydrogen) atoms. The lowest BCUT2D eigenvalue weighted by molar-refractivity contribution is -0.147. The zero-order valence-electron chi connectivity index (χ0n) is 12.9. The first-order chi connectivity index (χ1) is 8.65. The van der Waals surface area contributed by atoms with E-state index in [2.05, 4.69) is 37.8 Å². The van der Waals surface area contributed by atoms with Crippen LogP contribution < -0.4 is 4.90 Å². The molecule has 0 heterocycles. The maximum absolute atomic E-state index is 11.1. The van der Waals surface area contributed by atoms with E-state index in [1.54, 1.807) is 13.8 Å². The second-order valence-corrected chi connectivity index (χ2v) is 6.11. The Labute approximate surface area is 116 Å². The molecule has 0 aromatic heterocycles. The van der Waals surface area contributed by atoms with E-state index in [1.165, 1.54) is 22.4 Å². The first-order valence-corrected chi connectivity index (χ1v) is 6.67. The van der Waals surface area contributed by atoms with Crippen molar-refractivity contribution in [3.05, 3.63) is 28.8 Å². The monoisotopic (exact) mass is 263 g/mol. The fourth-order valence-electron chi connectivity index (χ4n) is 2.44. The predicted molar refractivity (Wildman–Crippen MR) is 80.0 cm³/mol. The van der Waals surface area contributed by atoms with Gasteiger partial charge >= 0.3 is 5.97 Å². The molecule has 0 amide bonds. The number of benzene rings is 1. The molecule has 0 aliphatic carbocycles. The smallest absolute Gasteiger partial charge is 0.309 e. The van der Waals surface area contributed by atoms with Crippen molar-refractivity contribution >= 4 is 11.7 Å². The molecule has 1 aromatic rings. The van der Waals surface area contributed by atoms with Crippen molar-refractivity contribution in [3.63, 3.8) is 0 Å². The molecular weight excluding hydrogens is 238 g/mol. The summed E-state index contributed by atoms with van der Waals surface area (Å²) in [6, 6.07) is 4.34. The van der Waals surface area contributed by atoms with Gasteiger partial charge in [0.2, 0.25) is 0 Å². The van der Waals surface area contributed by atoms with Crippen molar-refractivity contribution in [3.8, 4) is 0 Å². The summed E-state index contributed by atoms with van der Waals surface area (Å²) in [5.41, 5.74) is 4.28. The molecule has 0 radical (unpaired) electrons. The van der Waals surface area contributed by atoms with E-state index in [0.29, 0.717) is 6.42 Å². The van der Waals surface area contributed by atoms with Crippen molar-refractivity contribution < 1.29 is 9.90 Å². The lowest BCUT2D eigenvalue weighted by atomic mass is 9.89. The van der Waals surface area contributed by atoms with E-state index in [-0.39, 0.29) is 0 Å². The molecule has 0 aliphatic rings. The number of carboxylic acids is 1. The molecule has 0 spiro atoms. The summed E-state index contributed by atoms with van der Waals surface area (Å²) in [6.45, 7) is 10.6. The van der Waals surface area contributed by atoms with Crippen molar-refractivity contribution in [1.29, 1.82) is 0 Å². The van der Waals surface area contributed by atoms with Gasteiger partial charge in [-0.25, -0.2) is 0 Å². The van der Waals surface area contributed by atoms with E-state index < -0.39 is 11.4 Å². The first kappa shape index (κ1) is 15.5. The summed E-state index contributed by atoms with van der Waals surface area (Å²) in [5.74, 6) is -0.738. The molecule has 3 nitrogen and oxygen atoms in total. The zero-order chi connectivity index (χ0) is 14.8. The Morgan fingerprint density at radius 3 is 2.11 bits per heavy atom. The van der Waals surface area contributed by atoms with Crippen LogP contribution in [0.3, 0.4) is 0 Å². The summed E-state index contributed by atoms with van der Waals surface area (Å²) in [6.07, 6.45) is 0.631. The molecule has 0 aliphatic heterocycles. The van der Waals surface area contributed by atoms with Crippen molar-refractivity contribution in [2.24, 2.45) is 5.41 Å². The van der Waals surface area contributed by atoms with Gasteiger partial charge in [-0.15, -0.1) is 0 Å². The third-order valence-electron chi connectivity index (χ3n) is 3.67. The van der Waals surface area contributed by atoms with Gasteiger partial charge in [0, 0.05) is 19.3 Å². The number of rotatable bonds is 5. The quantitative estimate of drug-likeness (QED) is 0.883. The van der Waals surface area contributed by atoms with E-state index in [1.807, 2.05) is 7.05 Å². The normalized spacial score (nSPS) is 11.5. The SMILES string of the molecule is Cc1cc(C)c(N(C)CCC(C)(C)C(=O)O)c(C)c1. The van der Waals surface area contributed by atoms with Gasteiger partial charge in [-0.05, 0) is 52.2 Å². The van der Waals surface area contributed by atoms with Crippen LogP contribution in [0.5, 0.6) is 0 Å². The van der Waals surface area contributed by atoms with Gasteiger partial charge in [0.15, 0.2) is 0 Å². The maximum atomic E-state index is 11.1. The Balaban J connectivity index is 2.85. The number of carbonyl (C=O) groups is 1. The third-order valence-corrected chi connectivity index (χ3v) is 3.67. The Morgan fingerprint density at radius 2 is 1.68 bits per heavy atom. The van der Waals surface area contributed by atoms with Gasteiger partial charge in [-0.1, -0.05) is 17.7 Å². The van der Waals surface area contributed by atoms with E-state index in [9.17, 15) is 4.79 Å². The lowest BCUT2D eigenvalue weighted by Crippen LogP contribution is -2.30. The molecule has 1 aromatic carbocycles. The van der Waals surface area contributed by atoms with Crippen LogP contribution in [-0.2, 0) is 4.79 Å². The number of hydrogen-bond acceptors (Lipinski definition) is 2. The summed E-state index contributed by atoms with van der Waals surface area (Å²) in [5, 5.41) is 9.15. The van der Waals surface area contributed by atoms with Gasteiger partial charge in [-0.2, -0.15) is 0 Å². The van der Waals surface area contributed by atoms with Crippen LogP contribution in [0.25, 0.3) is 0 Å². The second kappa shape index (κ2) is 5.64. The Kier molecular flexibility index (Phi) is 4.61. The highest BCUT2D eigenvalue weighted by Gasteiger charge is 2.27. The predicted octanol–water partition coefficient (Wildman–Crippen LogP) is 3.55. The largest absolute Gasteiger partial charge is 0.481 e. The van der Waals surface area contributed by atoms with Crippen LogP contribution in [0.1, 0.15) is 37.0 Å². The van der Waals surface area contributed by atoms with Crippen LogP contribution in [0.4, 0.5) is 5.69 Å². The van der Waals surface area contributed by atoms with Gasteiger partial charge in [0.1, 0.15) is 0 Å². The van der Waals surface area contributed by atoms with Gasteiger partial charge in [0.25, 0.3) is 0 Å². The van der Waals surface area contributed by atoms with Crippen LogP contribution in [0, 0.1) is 26.2 Å². The van der Waals surface area contributed by atoms with Gasteiger partial charge in [-0.3, -0.25) is 4.79 Å². The van der Waals surface area contributed by atoms with Crippen molar-refractivity contribution in [1.82, 2.24) is 0 Å². The zero-order valence-corrected chi connectivity index (χ0v) is 12.9. The van der Waals surface area contributed by atoms with E-state index in [4.69, 9.17) is 5.11 Å². The average Bonchev–Trinajstić information content (AvgIpc) is 2.24. The minimum absolute atomic E-state index is 0.631. The molecular formula is C16H25NO2. The Hall–Kier alpha value is -1.51. The van der Waals surface area contributed by atoms with Gasteiger partial charge in [0.05, 0.1) is 5.41 Å². The molecule has 0 fully saturated rings. The molecule has 106 valence electrons. The first-order valence-electron chi connectivity index (χ1n) is 6.67. The summed E-state index contributed by atoms with van der Waals surface area (Å²) < 4.78 is 0. The number of carboxylic acid groups (broad SMARTS) is 1. The molecule has 0 bridgehead atoms. The molecule has 1 rings (SSSR count). The van der Waals surface area contributed by atoms with Gasteiger partial charge < -0.3 is 10.0 Å². The number of hydrogen-bond donors (Lipinski definition) is 1. The fraction of sp³-hybridized carbons (Fsp3) is 0.562. The molecule has 1 N–H and O–H groups in total. The standard InChI is InChI=1S/C16H25NO2/c1-11-9-12(2)14(13(3)10-11)17(6)8-7-16(4,5)15(18)19/h9-10H,7-8H2,1-6H3,(H,18,19). The summed E-state index contributed by atoms with van der Waals surface area (Å²) >= 11 is 0. The molecule has 0 saturated carbocycles. The van der Waals surface area contributed by atoms with Crippen LogP contribution in [0.15, 0.2) is 12.1 Å². The van der Waals surface area contributed by atoms with Crippen LogP contribution in [-0.4, -0.2) is 24.7 Å². The van der Waals surface area contributed by atoms with E-state index in [0.717, 1.165) is 6.54 Å². The highest BCUT2D eigenvalue weighted by molar-refractivity contribution is 5.73. The second-order valence-electron chi connectivity index (χ2n) is 6.11.